The zero-order valence-corrected chi connectivity index (χ0v) is 11.1. The molecule has 0 unspecified atom stereocenters. The Bertz CT molecular complexity index is 744. The molecule has 0 amide bonds. The Morgan fingerprint density at radius 2 is 1.85 bits per heavy atom. The Morgan fingerprint density at radius 3 is 2.75 bits per heavy atom. The highest BCUT2D eigenvalue weighted by Gasteiger charge is 2.17. The Kier molecular flexibility index (Phi) is 2.56. The average Bonchev–Trinajstić information content (AvgIpc) is 3.16. The second-order valence-electron chi connectivity index (χ2n) is 4.97. The molecular weight excluding hydrogens is 246 g/mol. The normalized spacial score (nSPS) is 13.0. The molecule has 4 rings (SSSR count). The number of para-hydroxylation sites is 1. The molecule has 0 fully saturated rings. The molecule has 0 spiro atoms. The van der Waals surface area contributed by atoms with Crippen LogP contribution >= 0.6 is 0 Å². The standard InChI is InChI=1S/C17H15N3/c1-2-5-13(6-3-1)20-17(10-12-19-20)15-7-4-8-16-14(15)9-11-18-16/h1-8,10,12,18H,9,11H2. The van der Waals surface area contributed by atoms with Crippen LogP contribution in [0.1, 0.15) is 5.56 Å². The third kappa shape index (κ3) is 1.71. The Hall–Kier alpha value is -2.55. The first-order valence-corrected chi connectivity index (χ1v) is 6.89. The van der Waals surface area contributed by atoms with Crippen molar-refractivity contribution in [2.75, 3.05) is 11.9 Å². The van der Waals surface area contributed by atoms with Crippen LogP contribution in [0.25, 0.3) is 16.9 Å². The Labute approximate surface area is 117 Å². The largest absolute Gasteiger partial charge is 0.384 e. The van der Waals surface area contributed by atoms with Crippen LogP contribution in [0.4, 0.5) is 5.69 Å². The van der Waals surface area contributed by atoms with E-state index in [-0.39, 0.29) is 0 Å². The molecule has 3 nitrogen and oxygen atoms in total. The van der Waals surface area contributed by atoms with Gasteiger partial charge in [-0.2, -0.15) is 5.10 Å². The summed E-state index contributed by atoms with van der Waals surface area (Å²) < 4.78 is 2.01. The van der Waals surface area contributed by atoms with Crippen molar-refractivity contribution >= 4 is 5.69 Å². The predicted octanol–water partition coefficient (Wildman–Crippen LogP) is 3.51. The van der Waals surface area contributed by atoms with E-state index in [2.05, 4.69) is 46.8 Å². The molecule has 1 aliphatic rings. The summed E-state index contributed by atoms with van der Waals surface area (Å²) in [6.07, 6.45) is 2.94. The SMILES string of the molecule is c1ccc(-n2nccc2-c2cccc3c2CCN3)cc1. The van der Waals surface area contributed by atoms with Crippen molar-refractivity contribution in [2.24, 2.45) is 0 Å². The van der Waals surface area contributed by atoms with Crippen molar-refractivity contribution in [3.63, 3.8) is 0 Å². The van der Waals surface area contributed by atoms with Crippen molar-refractivity contribution in [2.45, 2.75) is 6.42 Å². The second kappa shape index (κ2) is 4.53. The van der Waals surface area contributed by atoms with E-state index in [0.717, 1.165) is 24.3 Å². The van der Waals surface area contributed by atoms with Gasteiger partial charge < -0.3 is 5.32 Å². The van der Waals surface area contributed by atoms with E-state index in [4.69, 9.17) is 0 Å². The van der Waals surface area contributed by atoms with Gasteiger partial charge in [-0.25, -0.2) is 4.68 Å². The average molecular weight is 261 g/mol. The minimum Gasteiger partial charge on any atom is -0.384 e. The van der Waals surface area contributed by atoms with Crippen molar-refractivity contribution in [3.05, 3.63) is 66.4 Å². The van der Waals surface area contributed by atoms with Gasteiger partial charge in [-0.1, -0.05) is 30.3 Å². The molecule has 0 bridgehead atoms. The molecule has 2 aromatic carbocycles. The number of hydrogen-bond acceptors (Lipinski definition) is 2. The Morgan fingerprint density at radius 1 is 0.950 bits per heavy atom. The number of nitrogens with one attached hydrogen (secondary N) is 1. The molecule has 0 radical (unpaired) electrons. The summed E-state index contributed by atoms with van der Waals surface area (Å²) in [7, 11) is 0. The summed E-state index contributed by atoms with van der Waals surface area (Å²) in [4.78, 5) is 0. The molecule has 1 aromatic heterocycles. The highest BCUT2D eigenvalue weighted by atomic mass is 15.3. The lowest BCUT2D eigenvalue weighted by atomic mass is 10.0. The molecule has 0 atom stereocenters. The van der Waals surface area contributed by atoms with Gasteiger partial charge in [0, 0.05) is 17.8 Å². The van der Waals surface area contributed by atoms with E-state index in [9.17, 15) is 0 Å². The van der Waals surface area contributed by atoms with Gasteiger partial charge >= 0.3 is 0 Å². The number of hydrogen-bond donors (Lipinski definition) is 1. The molecular formula is C17H15N3. The lowest BCUT2D eigenvalue weighted by Gasteiger charge is -2.11. The van der Waals surface area contributed by atoms with E-state index in [1.807, 2.05) is 29.1 Å². The number of nitrogens with zero attached hydrogens (tertiary/aromatic N) is 2. The lowest BCUT2D eigenvalue weighted by molar-refractivity contribution is 0.886. The quantitative estimate of drug-likeness (QED) is 0.765. The molecule has 0 aliphatic carbocycles. The van der Waals surface area contributed by atoms with Crippen molar-refractivity contribution in [3.8, 4) is 16.9 Å². The molecule has 0 saturated carbocycles. The fraction of sp³-hybridized carbons (Fsp3) is 0.118. The van der Waals surface area contributed by atoms with Crippen LogP contribution in [0.3, 0.4) is 0 Å². The second-order valence-corrected chi connectivity index (χ2v) is 4.97. The van der Waals surface area contributed by atoms with E-state index in [1.54, 1.807) is 0 Å². The maximum atomic E-state index is 4.48. The van der Waals surface area contributed by atoms with Gasteiger partial charge in [-0.15, -0.1) is 0 Å². The number of benzene rings is 2. The van der Waals surface area contributed by atoms with Crippen LogP contribution in [-0.2, 0) is 6.42 Å². The van der Waals surface area contributed by atoms with Crippen LogP contribution in [0, 0.1) is 0 Å². The summed E-state index contributed by atoms with van der Waals surface area (Å²) in [5.41, 5.74) is 6.16. The lowest BCUT2D eigenvalue weighted by Crippen LogP contribution is -1.99. The van der Waals surface area contributed by atoms with Crippen LogP contribution in [-0.4, -0.2) is 16.3 Å². The third-order valence-electron chi connectivity index (χ3n) is 3.79. The van der Waals surface area contributed by atoms with Crippen molar-refractivity contribution in [1.82, 2.24) is 9.78 Å². The summed E-state index contributed by atoms with van der Waals surface area (Å²) in [6.45, 7) is 1.02. The van der Waals surface area contributed by atoms with Crippen LogP contribution < -0.4 is 5.32 Å². The van der Waals surface area contributed by atoms with Gasteiger partial charge in [0.2, 0.25) is 0 Å². The topological polar surface area (TPSA) is 29.9 Å². The van der Waals surface area contributed by atoms with Gasteiger partial charge in [0.15, 0.2) is 0 Å². The molecule has 98 valence electrons. The smallest absolute Gasteiger partial charge is 0.0744 e. The van der Waals surface area contributed by atoms with E-state index >= 15 is 0 Å². The number of rotatable bonds is 2. The molecule has 1 aliphatic heterocycles. The zero-order chi connectivity index (χ0) is 13.4. The molecule has 0 saturated heterocycles. The van der Waals surface area contributed by atoms with Gasteiger partial charge in [0.05, 0.1) is 17.6 Å². The fourth-order valence-electron chi connectivity index (χ4n) is 2.87. The number of aromatic nitrogens is 2. The molecule has 20 heavy (non-hydrogen) atoms. The highest BCUT2D eigenvalue weighted by Crippen LogP contribution is 2.33. The number of fused-ring (bicyclic) bond motifs is 1. The molecule has 3 heteroatoms. The molecule has 1 N–H and O–H groups in total. The summed E-state index contributed by atoms with van der Waals surface area (Å²) in [5, 5.41) is 7.92. The summed E-state index contributed by atoms with van der Waals surface area (Å²) >= 11 is 0. The van der Waals surface area contributed by atoms with Crippen molar-refractivity contribution < 1.29 is 0 Å². The van der Waals surface area contributed by atoms with Crippen LogP contribution in [0.15, 0.2) is 60.8 Å². The highest BCUT2D eigenvalue weighted by molar-refractivity contribution is 5.74. The fourth-order valence-corrected chi connectivity index (χ4v) is 2.87. The Balaban J connectivity index is 1.89. The van der Waals surface area contributed by atoms with E-state index < -0.39 is 0 Å². The van der Waals surface area contributed by atoms with Gasteiger partial charge in [0.1, 0.15) is 0 Å². The first-order chi connectivity index (χ1) is 9.93. The maximum Gasteiger partial charge on any atom is 0.0744 e. The van der Waals surface area contributed by atoms with Gasteiger partial charge in [0.25, 0.3) is 0 Å². The zero-order valence-electron chi connectivity index (χ0n) is 11.1. The third-order valence-corrected chi connectivity index (χ3v) is 3.79. The minimum absolute atomic E-state index is 1.02. The van der Waals surface area contributed by atoms with Gasteiger partial charge in [-0.3, -0.25) is 0 Å². The predicted molar refractivity (Wildman–Crippen MR) is 81.2 cm³/mol. The van der Waals surface area contributed by atoms with E-state index in [1.165, 1.54) is 16.8 Å². The first kappa shape index (κ1) is 11.3. The minimum atomic E-state index is 1.02. The van der Waals surface area contributed by atoms with Gasteiger partial charge in [-0.05, 0) is 36.2 Å². The van der Waals surface area contributed by atoms with Crippen LogP contribution in [0.5, 0.6) is 0 Å². The van der Waals surface area contributed by atoms with Crippen LogP contribution in [0.2, 0.25) is 0 Å². The molecule has 2 heterocycles. The summed E-state index contributed by atoms with van der Waals surface area (Å²) in [6, 6.07) is 18.8. The van der Waals surface area contributed by atoms with Crippen molar-refractivity contribution in [1.29, 1.82) is 0 Å². The maximum absolute atomic E-state index is 4.48. The first-order valence-electron chi connectivity index (χ1n) is 6.89. The monoisotopic (exact) mass is 261 g/mol. The molecule has 3 aromatic rings. The van der Waals surface area contributed by atoms with E-state index in [0.29, 0.717) is 0 Å². The number of anilines is 1. The summed E-state index contributed by atoms with van der Waals surface area (Å²) in [5.74, 6) is 0.